The first-order chi connectivity index (χ1) is 51.8. The van der Waals surface area contributed by atoms with Crippen molar-refractivity contribution < 1.29 is 74.1 Å². The standard InChI is InChI=1S/2C43H59N3O8S/c2*1-8-28-20-27(2)12-9-10-13-29-23-43(29,40(50)45-55(51,52)42(6)17-18-42)25-36(48)35-22-31(26-46(35)39(49)34(28)21-30(47)24-41(3,4)5)54-38-33-14-11-15-37(53-7)32(33)16-19-44-38/h2*10-11,13-16,19,27-29,31,34-35H,8-9,12,17-18,20-26H2,1-7H3,(H,45,50)/b2*13-10-/t27-,28+,29+,31+,34-,35-,43+;27-,28-,29-,31-,34+,35+,43-/m01/s1. The number of fused-ring (bicyclic) bond motifs is 6. The Morgan fingerprint density at radius 2 is 0.918 bits per heavy atom. The number of rotatable bonds is 20. The molecule has 6 fully saturated rings. The number of hydrogen-bond donors (Lipinski definition) is 2. The second kappa shape index (κ2) is 32.8. The number of pyridine rings is 2. The summed E-state index contributed by atoms with van der Waals surface area (Å²) in [5.41, 5.74) is -2.98. The minimum Gasteiger partial charge on any atom is -0.496 e. The molecule has 4 aliphatic carbocycles. The summed E-state index contributed by atoms with van der Waals surface area (Å²) in [6.07, 6.45) is 19.5. The van der Waals surface area contributed by atoms with Gasteiger partial charge in [-0.2, -0.15) is 0 Å². The van der Waals surface area contributed by atoms with Crippen molar-refractivity contribution in [3.8, 4) is 23.3 Å². The number of methoxy groups -OCH3 is 2. The SMILES string of the molecule is CC[C@@H]1C[C@@H](C)CC/C=C\[C@@H]2C[C@@]2(C(=O)NS(=O)(=O)C2(C)CC2)CC(=O)[C@@H]2C[C@@H](Oc3nccc4c(OC)cccc34)CN2C(=O)[C@H]1CC(=O)CC(C)(C)C.CC[C@@H]1C[C@H](C)CC/C=C\[C@@H]2C[C@@]2(C(=O)NS(=O)(=O)C2(C)CC2)CC(=O)[C@@H]2C[C@@H](Oc3nccc4c(OC)cccc34)CN2C(=O)[C@H]1CC(=O)CC(C)(C)C. The lowest BCUT2D eigenvalue weighted by Gasteiger charge is -2.33. The van der Waals surface area contributed by atoms with Crippen LogP contribution in [0.1, 0.15) is 224 Å². The minimum absolute atomic E-state index is 0.0172. The number of allylic oxidation sites excluding steroid dienone is 4. The van der Waals surface area contributed by atoms with Crippen molar-refractivity contribution in [2.45, 2.75) is 258 Å². The van der Waals surface area contributed by atoms with Gasteiger partial charge in [-0.05, 0) is 174 Å². The van der Waals surface area contributed by atoms with Crippen molar-refractivity contribution in [3.05, 3.63) is 85.2 Å². The highest BCUT2D eigenvalue weighted by Gasteiger charge is 2.65. The van der Waals surface area contributed by atoms with Gasteiger partial charge in [0.2, 0.25) is 55.4 Å². The number of nitrogens with one attached hydrogen (secondary N) is 2. The molecule has 6 heterocycles. The molecule has 0 radical (unpaired) electrons. The summed E-state index contributed by atoms with van der Waals surface area (Å²) >= 11 is 0. The molecule has 2 saturated heterocycles. The highest BCUT2D eigenvalue weighted by molar-refractivity contribution is 7.92. The van der Waals surface area contributed by atoms with E-state index in [2.05, 4.69) is 47.1 Å². The lowest BCUT2D eigenvalue weighted by Crippen LogP contribution is -2.48. The van der Waals surface area contributed by atoms with Crippen LogP contribution in [-0.2, 0) is 58.4 Å². The van der Waals surface area contributed by atoms with Gasteiger partial charge in [-0.15, -0.1) is 0 Å². The van der Waals surface area contributed by atoms with Crippen LogP contribution in [0.2, 0.25) is 0 Å². The number of ketones is 4. The molecule has 8 aliphatic rings. The quantitative estimate of drug-likeness (QED) is 0.0777. The van der Waals surface area contributed by atoms with E-state index in [-0.39, 0.29) is 133 Å². The number of ether oxygens (including phenoxy) is 4. The van der Waals surface area contributed by atoms with Gasteiger partial charge in [0.15, 0.2) is 11.6 Å². The number of sulfonamides is 2. The normalized spacial score (nSPS) is 30.3. The third-order valence-corrected chi connectivity index (χ3v) is 29.4. The lowest BCUT2D eigenvalue weighted by atomic mass is 9.77. The number of benzene rings is 2. The Morgan fingerprint density at radius 1 is 0.545 bits per heavy atom. The van der Waals surface area contributed by atoms with Crippen molar-refractivity contribution in [2.24, 2.45) is 69.0 Å². The first-order valence-electron chi connectivity index (χ1n) is 40.1. The molecule has 2 N–H and O–H groups in total. The molecule has 2 aromatic carbocycles. The monoisotopic (exact) mass is 1550 g/mol. The van der Waals surface area contributed by atoms with Crippen LogP contribution in [0.4, 0.5) is 0 Å². The van der Waals surface area contributed by atoms with E-state index in [1.54, 1.807) is 50.3 Å². The van der Waals surface area contributed by atoms with Crippen molar-refractivity contribution in [1.29, 1.82) is 0 Å². The molecule has 2 aromatic heterocycles. The zero-order chi connectivity index (χ0) is 79.8. The smallest absolute Gasteiger partial charge is 0.240 e. The fraction of sp³-hybridized carbons (Fsp3) is 0.651. The van der Waals surface area contributed by atoms with Gasteiger partial charge >= 0.3 is 0 Å². The molecule has 12 rings (SSSR count). The average Bonchev–Trinajstić information content (AvgIpc) is 1.57. The largest absolute Gasteiger partial charge is 0.496 e. The summed E-state index contributed by atoms with van der Waals surface area (Å²) in [7, 11) is -4.69. The van der Waals surface area contributed by atoms with E-state index in [4.69, 9.17) is 18.9 Å². The number of Topliss-reactive ketones (excluding diaryl/α,β-unsaturated/α-hetero) is 4. The van der Waals surface area contributed by atoms with E-state index < -0.39 is 88.3 Å². The van der Waals surface area contributed by atoms with Gasteiger partial charge in [0.05, 0.1) is 59.7 Å². The number of aromatic nitrogens is 2. The molecule has 4 aromatic rings. The number of carbonyl (C=O) groups is 8. The van der Waals surface area contributed by atoms with E-state index in [0.29, 0.717) is 87.5 Å². The summed E-state index contributed by atoms with van der Waals surface area (Å²) in [5, 5.41) is 3.07. The Balaban J connectivity index is 0.000000218. The molecule has 4 amide bonds. The van der Waals surface area contributed by atoms with Crippen LogP contribution in [0.3, 0.4) is 0 Å². The fourth-order valence-corrected chi connectivity index (χ4v) is 20.3. The first-order valence-corrected chi connectivity index (χ1v) is 43.1. The van der Waals surface area contributed by atoms with Gasteiger partial charge < -0.3 is 28.7 Å². The van der Waals surface area contributed by atoms with Gasteiger partial charge in [-0.25, -0.2) is 26.8 Å². The van der Waals surface area contributed by atoms with Crippen LogP contribution in [0, 0.1) is 69.0 Å². The lowest BCUT2D eigenvalue weighted by molar-refractivity contribution is -0.145. The Kier molecular flexibility index (Phi) is 24.9. The van der Waals surface area contributed by atoms with Gasteiger partial charge in [0, 0.05) is 97.1 Å². The first kappa shape index (κ1) is 83.3. The Bertz CT molecular complexity index is 4180. The Hall–Kier alpha value is -7.60. The molecule has 600 valence electrons. The van der Waals surface area contributed by atoms with Crippen molar-refractivity contribution in [3.63, 3.8) is 0 Å². The zero-order valence-electron chi connectivity index (χ0n) is 67.1. The second-order valence-corrected chi connectivity index (χ2v) is 40.9. The predicted molar refractivity (Wildman–Crippen MR) is 422 cm³/mol. The molecule has 22 nitrogen and oxygen atoms in total. The highest BCUT2D eigenvalue weighted by atomic mass is 32.2. The van der Waals surface area contributed by atoms with Crippen molar-refractivity contribution >= 4 is 88.4 Å². The third-order valence-electron chi connectivity index (χ3n) is 25.1. The molecule has 4 aliphatic heterocycles. The number of hydrogen-bond acceptors (Lipinski definition) is 18. The summed E-state index contributed by atoms with van der Waals surface area (Å²) in [5.74, 6) is -1.92. The van der Waals surface area contributed by atoms with Crippen molar-refractivity contribution in [1.82, 2.24) is 29.2 Å². The molecular weight excluding hydrogens is 1440 g/mol. The summed E-state index contributed by atoms with van der Waals surface area (Å²) < 4.78 is 80.0. The van der Waals surface area contributed by atoms with Crippen LogP contribution in [0.25, 0.3) is 21.5 Å². The topological polar surface area (TPSA) is 298 Å². The maximum absolute atomic E-state index is 15.1. The second-order valence-electron chi connectivity index (χ2n) is 36.5. The molecule has 14 atom stereocenters. The summed E-state index contributed by atoms with van der Waals surface area (Å²) in [6.45, 7) is 24.0. The van der Waals surface area contributed by atoms with E-state index in [9.17, 15) is 45.6 Å². The van der Waals surface area contributed by atoms with Gasteiger partial charge in [0.25, 0.3) is 0 Å². The molecule has 0 unspecified atom stereocenters. The van der Waals surface area contributed by atoms with Crippen LogP contribution < -0.4 is 28.4 Å². The van der Waals surface area contributed by atoms with Crippen molar-refractivity contribution in [2.75, 3.05) is 27.3 Å². The number of carbonyl (C=O) groups excluding carboxylic acids is 8. The molecule has 24 heteroatoms. The van der Waals surface area contributed by atoms with E-state index >= 15 is 9.59 Å². The maximum atomic E-state index is 15.1. The van der Waals surface area contributed by atoms with E-state index in [1.165, 1.54) is 0 Å². The third kappa shape index (κ3) is 18.7. The molecule has 4 saturated carbocycles. The fourth-order valence-electron chi connectivity index (χ4n) is 17.7. The Morgan fingerprint density at radius 3 is 1.25 bits per heavy atom. The average molecular weight is 1560 g/mol. The molecule has 0 bridgehead atoms. The Labute approximate surface area is 651 Å². The molecular formula is C86H118N6O16S2. The minimum atomic E-state index is -3.94. The predicted octanol–water partition coefficient (Wildman–Crippen LogP) is 13.9. The van der Waals surface area contributed by atoms with E-state index in [1.807, 2.05) is 114 Å². The van der Waals surface area contributed by atoms with Crippen LogP contribution in [0.15, 0.2) is 85.2 Å². The molecule has 0 spiro atoms. The summed E-state index contributed by atoms with van der Waals surface area (Å²) in [4.78, 5) is 127. The van der Waals surface area contributed by atoms with Crippen LogP contribution >= 0.6 is 0 Å². The maximum Gasteiger partial charge on any atom is 0.240 e. The van der Waals surface area contributed by atoms with Crippen LogP contribution in [-0.4, -0.2) is 144 Å². The van der Waals surface area contributed by atoms with Gasteiger partial charge in [-0.1, -0.05) is 119 Å². The molecule has 110 heavy (non-hydrogen) atoms. The number of amides is 4. The van der Waals surface area contributed by atoms with Gasteiger partial charge in [-0.3, -0.25) is 47.8 Å². The van der Waals surface area contributed by atoms with E-state index in [0.717, 1.165) is 60.1 Å². The number of nitrogens with zero attached hydrogens (tertiary/aromatic N) is 4. The highest BCUT2D eigenvalue weighted by Crippen LogP contribution is 2.59. The zero-order valence-corrected chi connectivity index (χ0v) is 68.8. The van der Waals surface area contributed by atoms with Crippen LogP contribution in [0.5, 0.6) is 23.3 Å². The van der Waals surface area contributed by atoms with Gasteiger partial charge in [0.1, 0.15) is 35.3 Å². The summed E-state index contributed by atoms with van der Waals surface area (Å²) in [6, 6.07) is 13.0.